The highest BCUT2D eigenvalue weighted by Crippen LogP contribution is 2.34. The van der Waals surface area contributed by atoms with Crippen LogP contribution in [0.5, 0.6) is 0 Å². The highest BCUT2D eigenvalue weighted by atomic mass is 32.1. The van der Waals surface area contributed by atoms with E-state index in [0.29, 0.717) is 17.1 Å². The Morgan fingerprint density at radius 3 is 2.63 bits per heavy atom. The van der Waals surface area contributed by atoms with Gasteiger partial charge in [0.05, 0.1) is 16.6 Å². The fourth-order valence-corrected chi connectivity index (χ4v) is 2.71. The minimum absolute atomic E-state index is 0.291. The van der Waals surface area contributed by atoms with Crippen molar-refractivity contribution >= 4 is 11.3 Å². The monoisotopic (exact) mass is 290 g/mol. The van der Waals surface area contributed by atoms with Gasteiger partial charge in [-0.3, -0.25) is 4.68 Å². The standard InChI is InChI=1S/C11H13F3N4S/c1-18-7(4-10(17-18)11(12,13)14)9-3-2-8(19-9)6(16)5-15/h2-4,6H,5,15-16H2,1H3. The van der Waals surface area contributed by atoms with E-state index in [4.69, 9.17) is 11.5 Å². The summed E-state index contributed by atoms with van der Waals surface area (Å²) in [5.41, 5.74) is 10.7. The smallest absolute Gasteiger partial charge is 0.329 e. The Balaban J connectivity index is 2.37. The Morgan fingerprint density at radius 2 is 2.11 bits per heavy atom. The third kappa shape index (κ3) is 2.80. The Bertz CT molecular complexity index is 573. The van der Waals surface area contributed by atoms with Gasteiger partial charge in [0.2, 0.25) is 0 Å². The quantitative estimate of drug-likeness (QED) is 0.909. The largest absolute Gasteiger partial charge is 0.435 e. The Labute approximate surface area is 111 Å². The molecule has 0 aliphatic rings. The molecule has 1 unspecified atom stereocenters. The van der Waals surface area contributed by atoms with Gasteiger partial charge in [0.15, 0.2) is 5.69 Å². The third-order valence-electron chi connectivity index (χ3n) is 2.67. The van der Waals surface area contributed by atoms with Crippen LogP contribution in [0.3, 0.4) is 0 Å². The van der Waals surface area contributed by atoms with Crippen molar-refractivity contribution in [2.24, 2.45) is 18.5 Å². The topological polar surface area (TPSA) is 69.9 Å². The van der Waals surface area contributed by atoms with Crippen LogP contribution in [0.4, 0.5) is 13.2 Å². The molecule has 0 saturated carbocycles. The second-order valence-corrected chi connectivity index (χ2v) is 5.20. The predicted molar refractivity (Wildman–Crippen MR) is 67.5 cm³/mol. The maximum absolute atomic E-state index is 12.6. The number of halogens is 3. The second kappa shape index (κ2) is 4.95. The molecule has 8 heteroatoms. The van der Waals surface area contributed by atoms with Crippen molar-refractivity contribution in [3.8, 4) is 10.6 Å². The van der Waals surface area contributed by atoms with Crippen molar-refractivity contribution in [2.45, 2.75) is 12.2 Å². The van der Waals surface area contributed by atoms with E-state index in [1.54, 1.807) is 12.1 Å². The zero-order valence-corrected chi connectivity index (χ0v) is 10.9. The van der Waals surface area contributed by atoms with Crippen LogP contribution in [0.15, 0.2) is 18.2 Å². The molecule has 4 N–H and O–H groups in total. The van der Waals surface area contributed by atoms with Gasteiger partial charge in [0, 0.05) is 18.5 Å². The molecular weight excluding hydrogens is 277 g/mol. The summed E-state index contributed by atoms with van der Waals surface area (Å²) in [5.74, 6) is 0. The summed E-state index contributed by atoms with van der Waals surface area (Å²) in [6, 6.07) is 4.24. The average molecular weight is 290 g/mol. The molecule has 1 atom stereocenters. The molecule has 2 aromatic rings. The Kier molecular flexibility index (Phi) is 3.66. The van der Waals surface area contributed by atoms with Crippen molar-refractivity contribution in [1.29, 1.82) is 0 Å². The number of rotatable bonds is 3. The number of nitrogens with zero attached hydrogens (tertiary/aromatic N) is 2. The molecule has 0 bridgehead atoms. The van der Waals surface area contributed by atoms with Gasteiger partial charge in [0.25, 0.3) is 0 Å². The minimum Gasteiger partial charge on any atom is -0.329 e. The van der Waals surface area contributed by atoms with Crippen LogP contribution < -0.4 is 11.5 Å². The first-order valence-corrected chi connectivity index (χ1v) is 6.31. The molecule has 0 aromatic carbocycles. The van der Waals surface area contributed by atoms with Crippen LogP contribution in [-0.2, 0) is 13.2 Å². The van der Waals surface area contributed by atoms with Crippen molar-refractivity contribution < 1.29 is 13.2 Å². The lowest BCUT2D eigenvalue weighted by Crippen LogP contribution is -2.19. The summed E-state index contributed by atoms with van der Waals surface area (Å²) in [4.78, 5) is 1.52. The van der Waals surface area contributed by atoms with Crippen LogP contribution in [0.25, 0.3) is 10.6 Å². The maximum Gasteiger partial charge on any atom is 0.435 e. The SMILES string of the molecule is Cn1nc(C(F)(F)F)cc1-c1ccc(C(N)CN)s1. The van der Waals surface area contributed by atoms with E-state index < -0.39 is 11.9 Å². The van der Waals surface area contributed by atoms with Crippen LogP contribution in [-0.4, -0.2) is 16.3 Å². The number of hydrogen-bond acceptors (Lipinski definition) is 4. The zero-order chi connectivity index (χ0) is 14.2. The highest BCUT2D eigenvalue weighted by molar-refractivity contribution is 7.15. The number of aryl methyl sites for hydroxylation is 1. The molecule has 0 fully saturated rings. The summed E-state index contributed by atoms with van der Waals surface area (Å²) in [6.45, 7) is 0.291. The average Bonchev–Trinajstić information content (AvgIpc) is 2.93. The molecular formula is C11H13F3N4S. The van der Waals surface area contributed by atoms with Gasteiger partial charge in [-0.05, 0) is 18.2 Å². The molecule has 4 nitrogen and oxygen atoms in total. The van der Waals surface area contributed by atoms with E-state index in [9.17, 15) is 13.2 Å². The predicted octanol–water partition coefficient (Wildman–Crippen LogP) is 2.13. The van der Waals surface area contributed by atoms with E-state index in [0.717, 1.165) is 10.9 Å². The lowest BCUT2D eigenvalue weighted by atomic mass is 10.2. The molecule has 104 valence electrons. The first kappa shape index (κ1) is 14.0. The zero-order valence-electron chi connectivity index (χ0n) is 10.1. The second-order valence-electron chi connectivity index (χ2n) is 4.08. The van der Waals surface area contributed by atoms with Gasteiger partial charge in [-0.25, -0.2) is 0 Å². The summed E-state index contributed by atoms with van der Waals surface area (Å²) < 4.78 is 38.9. The van der Waals surface area contributed by atoms with Gasteiger partial charge >= 0.3 is 6.18 Å². The molecule has 0 amide bonds. The molecule has 0 aliphatic carbocycles. The van der Waals surface area contributed by atoms with Crippen LogP contribution in [0.1, 0.15) is 16.6 Å². The molecule has 2 aromatic heterocycles. The fourth-order valence-electron chi connectivity index (χ4n) is 1.64. The summed E-state index contributed by atoms with van der Waals surface area (Å²) >= 11 is 1.32. The highest BCUT2D eigenvalue weighted by Gasteiger charge is 2.34. The molecule has 0 saturated heterocycles. The van der Waals surface area contributed by atoms with Gasteiger partial charge in [-0.1, -0.05) is 0 Å². The van der Waals surface area contributed by atoms with Gasteiger partial charge < -0.3 is 11.5 Å². The Hall–Kier alpha value is -1.38. The van der Waals surface area contributed by atoms with Crippen molar-refractivity contribution in [1.82, 2.24) is 9.78 Å². The lowest BCUT2D eigenvalue weighted by molar-refractivity contribution is -0.141. The van der Waals surface area contributed by atoms with Gasteiger partial charge in [-0.15, -0.1) is 11.3 Å². The van der Waals surface area contributed by atoms with Gasteiger partial charge in [0.1, 0.15) is 0 Å². The number of alkyl halides is 3. The molecule has 0 radical (unpaired) electrons. The number of nitrogens with two attached hydrogens (primary N) is 2. The summed E-state index contributed by atoms with van der Waals surface area (Å²) in [7, 11) is 1.48. The van der Waals surface area contributed by atoms with Crippen molar-refractivity contribution in [2.75, 3.05) is 6.54 Å². The number of thiophene rings is 1. The van der Waals surface area contributed by atoms with Crippen molar-refractivity contribution in [3.63, 3.8) is 0 Å². The molecule has 2 rings (SSSR count). The first-order chi connectivity index (χ1) is 8.82. The van der Waals surface area contributed by atoms with E-state index in [2.05, 4.69) is 5.10 Å². The summed E-state index contributed by atoms with van der Waals surface area (Å²) in [5, 5.41) is 3.47. The minimum atomic E-state index is -4.44. The molecule has 19 heavy (non-hydrogen) atoms. The van der Waals surface area contributed by atoms with Gasteiger partial charge in [-0.2, -0.15) is 18.3 Å². The van der Waals surface area contributed by atoms with Crippen LogP contribution in [0.2, 0.25) is 0 Å². The van der Waals surface area contributed by atoms with Crippen molar-refractivity contribution in [3.05, 3.63) is 28.8 Å². The maximum atomic E-state index is 12.6. The van der Waals surface area contributed by atoms with E-state index in [-0.39, 0.29) is 6.04 Å². The fraction of sp³-hybridized carbons (Fsp3) is 0.364. The Morgan fingerprint density at radius 1 is 1.42 bits per heavy atom. The van der Waals surface area contributed by atoms with E-state index in [1.807, 2.05) is 0 Å². The van der Waals surface area contributed by atoms with Crippen LogP contribution >= 0.6 is 11.3 Å². The summed E-state index contributed by atoms with van der Waals surface area (Å²) in [6.07, 6.45) is -4.44. The molecule has 0 aliphatic heterocycles. The van der Waals surface area contributed by atoms with E-state index in [1.165, 1.54) is 23.1 Å². The number of hydrogen-bond donors (Lipinski definition) is 2. The lowest BCUT2D eigenvalue weighted by Gasteiger charge is -2.03. The number of aromatic nitrogens is 2. The van der Waals surface area contributed by atoms with Crippen LogP contribution in [0, 0.1) is 0 Å². The normalized spacial score (nSPS) is 13.8. The molecule has 0 spiro atoms. The molecule has 2 heterocycles. The third-order valence-corrected chi connectivity index (χ3v) is 3.91. The first-order valence-electron chi connectivity index (χ1n) is 5.50. The van der Waals surface area contributed by atoms with E-state index >= 15 is 0 Å².